The molecule has 1 aliphatic rings. The lowest BCUT2D eigenvalue weighted by Crippen LogP contribution is -2.55. The highest BCUT2D eigenvalue weighted by Gasteiger charge is 2.29. The van der Waals surface area contributed by atoms with Gasteiger partial charge in [0.25, 0.3) is 5.91 Å². The number of anilines is 1. The van der Waals surface area contributed by atoms with Crippen molar-refractivity contribution in [3.8, 4) is 5.75 Å². The Labute approximate surface area is 188 Å². The maximum Gasteiger partial charge on any atom is 0.251 e. The molecule has 0 aromatic heterocycles. The topological polar surface area (TPSA) is 72.9 Å². The molecular formula is C26H27N3O3. The van der Waals surface area contributed by atoms with E-state index in [1.807, 2.05) is 65.6 Å². The number of hydrogen-bond donors (Lipinski definition) is 2. The lowest BCUT2D eigenvalue weighted by molar-refractivity contribution is -0.133. The molecule has 0 aliphatic carbocycles. The van der Waals surface area contributed by atoms with E-state index < -0.39 is 6.04 Å². The van der Waals surface area contributed by atoms with Gasteiger partial charge in [0.2, 0.25) is 5.91 Å². The summed E-state index contributed by atoms with van der Waals surface area (Å²) < 4.78 is 0. The third kappa shape index (κ3) is 5.27. The molecule has 1 atom stereocenters. The number of carbonyl (C=O) groups excluding carboxylic acids is 2. The van der Waals surface area contributed by atoms with Gasteiger partial charge in [-0.15, -0.1) is 0 Å². The number of carbonyl (C=O) groups is 2. The molecule has 0 saturated carbocycles. The van der Waals surface area contributed by atoms with Crippen molar-refractivity contribution in [1.29, 1.82) is 0 Å². The van der Waals surface area contributed by atoms with Crippen LogP contribution in [0.3, 0.4) is 0 Å². The van der Waals surface area contributed by atoms with Gasteiger partial charge in [-0.2, -0.15) is 0 Å². The molecule has 4 rings (SSSR count). The fourth-order valence-corrected chi connectivity index (χ4v) is 3.95. The second-order valence-corrected chi connectivity index (χ2v) is 7.91. The van der Waals surface area contributed by atoms with Crippen LogP contribution in [0.5, 0.6) is 5.75 Å². The van der Waals surface area contributed by atoms with Crippen molar-refractivity contribution in [1.82, 2.24) is 10.2 Å². The molecule has 3 aromatic carbocycles. The van der Waals surface area contributed by atoms with Crippen molar-refractivity contribution in [3.05, 3.63) is 96.1 Å². The summed E-state index contributed by atoms with van der Waals surface area (Å²) in [5.41, 5.74) is 2.56. The Hall–Kier alpha value is -3.80. The lowest BCUT2D eigenvalue weighted by Gasteiger charge is -2.37. The van der Waals surface area contributed by atoms with Crippen molar-refractivity contribution in [2.24, 2.45) is 0 Å². The number of piperazine rings is 1. The van der Waals surface area contributed by atoms with E-state index in [-0.39, 0.29) is 17.6 Å². The van der Waals surface area contributed by atoms with E-state index in [1.165, 1.54) is 0 Å². The van der Waals surface area contributed by atoms with Gasteiger partial charge in [-0.1, -0.05) is 48.5 Å². The van der Waals surface area contributed by atoms with E-state index in [0.717, 1.165) is 11.3 Å². The van der Waals surface area contributed by atoms with Gasteiger partial charge in [0, 0.05) is 43.9 Å². The number of amides is 2. The summed E-state index contributed by atoms with van der Waals surface area (Å²) >= 11 is 0. The second-order valence-electron chi connectivity index (χ2n) is 7.91. The normalized spacial score (nSPS) is 14.6. The molecule has 0 spiro atoms. The van der Waals surface area contributed by atoms with Crippen molar-refractivity contribution < 1.29 is 14.7 Å². The van der Waals surface area contributed by atoms with Crippen LogP contribution in [0.15, 0.2) is 84.9 Å². The van der Waals surface area contributed by atoms with Gasteiger partial charge in [-0.25, -0.2) is 0 Å². The first kappa shape index (κ1) is 21.4. The van der Waals surface area contributed by atoms with Crippen LogP contribution in [0.2, 0.25) is 0 Å². The standard InChI is InChI=1S/C26H27N3O3/c30-23-13-11-22(12-14-23)28-15-17-29(18-16-28)26(32)24(19-20-7-3-1-4-8-20)27-25(31)21-9-5-2-6-10-21/h1-14,24,30H,15-19H2,(H,27,31). The van der Waals surface area contributed by atoms with Crippen LogP contribution in [0.4, 0.5) is 5.69 Å². The minimum atomic E-state index is -0.634. The second kappa shape index (κ2) is 10.0. The summed E-state index contributed by atoms with van der Waals surface area (Å²) in [7, 11) is 0. The van der Waals surface area contributed by atoms with Crippen LogP contribution in [-0.2, 0) is 11.2 Å². The molecule has 0 bridgehead atoms. The van der Waals surface area contributed by atoms with Gasteiger partial charge in [-0.3, -0.25) is 9.59 Å². The largest absolute Gasteiger partial charge is 0.508 e. The highest BCUT2D eigenvalue weighted by atomic mass is 16.3. The highest BCUT2D eigenvalue weighted by Crippen LogP contribution is 2.20. The third-order valence-electron chi connectivity index (χ3n) is 5.73. The Morgan fingerprint density at radius 1 is 0.812 bits per heavy atom. The summed E-state index contributed by atoms with van der Waals surface area (Å²) in [5.74, 6) is -0.0772. The zero-order valence-electron chi connectivity index (χ0n) is 17.9. The Morgan fingerprint density at radius 2 is 1.41 bits per heavy atom. The van der Waals surface area contributed by atoms with Crippen LogP contribution in [0, 0.1) is 0 Å². The van der Waals surface area contributed by atoms with Gasteiger partial charge in [0.1, 0.15) is 11.8 Å². The van der Waals surface area contributed by atoms with Crippen molar-refractivity contribution >= 4 is 17.5 Å². The quantitative estimate of drug-likeness (QED) is 0.632. The van der Waals surface area contributed by atoms with Crippen molar-refractivity contribution in [2.75, 3.05) is 31.1 Å². The number of benzene rings is 3. The monoisotopic (exact) mass is 429 g/mol. The number of phenols is 1. The lowest BCUT2D eigenvalue weighted by atomic mass is 10.0. The number of rotatable bonds is 6. The molecule has 3 aromatic rings. The molecule has 1 saturated heterocycles. The first-order valence-corrected chi connectivity index (χ1v) is 10.8. The van der Waals surface area contributed by atoms with Crippen LogP contribution < -0.4 is 10.2 Å². The molecule has 2 N–H and O–H groups in total. The molecule has 164 valence electrons. The van der Waals surface area contributed by atoms with E-state index in [1.54, 1.807) is 24.3 Å². The van der Waals surface area contributed by atoms with Crippen molar-refractivity contribution in [2.45, 2.75) is 12.5 Å². The third-order valence-corrected chi connectivity index (χ3v) is 5.73. The van der Waals surface area contributed by atoms with Gasteiger partial charge in [0.05, 0.1) is 0 Å². The number of hydrogen-bond acceptors (Lipinski definition) is 4. The van der Waals surface area contributed by atoms with Gasteiger partial charge >= 0.3 is 0 Å². The molecule has 1 heterocycles. The summed E-state index contributed by atoms with van der Waals surface area (Å²) in [5, 5.41) is 12.5. The predicted molar refractivity (Wildman–Crippen MR) is 125 cm³/mol. The number of nitrogens with one attached hydrogen (secondary N) is 1. The molecule has 1 aliphatic heterocycles. The first-order valence-electron chi connectivity index (χ1n) is 10.8. The Kier molecular flexibility index (Phi) is 6.70. The number of phenolic OH excluding ortho intramolecular Hbond substituents is 1. The Bertz CT molecular complexity index is 1030. The highest BCUT2D eigenvalue weighted by molar-refractivity contribution is 5.97. The number of nitrogens with zero attached hydrogens (tertiary/aromatic N) is 2. The molecular weight excluding hydrogens is 402 g/mol. The smallest absolute Gasteiger partial charge is 0.251 e. The minimum Gasteiger partial charge on any atom is -0.508 e. The van der Waals surface area contributed by atoms with E-state index in [0.29, 0.717) is 38.2 Å². The maximum absolute atomic E-state index is 13.4. The van der Waals surface area contributed by atoms with E-state index in [2.05, 4.69) is 10.2 Å². The van der Waals surface area contributed by atoms with Crippen LogP contribution >= 0.6 is 0 Å². The van der Waals surface area contributed by atoms with E-state index in [9.17, 15) is 14.7 Å². The summed E-state index contributed by atoms with van der Waals surface area (Å²) in [6.07, 6.45) is 0.441. The van der Waals surface area contributed by atoms with Crippen molar-refractivity contribution in [3.63, 3.8) is 0 Å². The van der Waals surface area contributed by atoms with Gasteiger partial charge < -0.3 is 20.2 Å². The van der Waals surface area contributed by atoms with E-state index in [4.69, 9.17) is 0 Å². The molecule has 2 amide bonds. The SMILES string of the molecule is O=C(NC(Cc1ccccc1)C(=O)N1CCN(c2ccc(O)cc2)CC1)c1ccccc1. The molecule has 6 heteroatoms. The fourth-order valence-electron chi connectivity index (χ4n) is 3.95. The average Bonchev–Trinajstić information content (AvgIpc) is 2.85. The average molecular weight is 430 g/mol. The van der Waals surface area contributed by atoms with Crippen LogP contribution in [0.1, 0.15) is 15.9 Å². The molecule has 1 unspecified atom stereocenters. The zero-order chi connectivity index (χ0) is 22.3. The maximum atomic E-state index is 13.4. The van der Waals surface area contributed by atoms with E-state index >= 15 is 0 Å². The minimum absolute atomic E-state index is 0.0662. The Balaban J connectivity index is 1.44. The molecule has 6 nitrogen and oxygen atoms in total. The summed E-state index contributed by atoms with van der Waals surface area (Å²) in [6, 6.07) is 25.2. The summed E-state index contributed by atoms with van der Waals surface area (Å²) in [6.45, 7) is 2.54. The van der Waals surface area contributed by atoms with Crippen LogP contribution in [0.25, 0.3) is 0 Å². The zero-order valence-corrected chi connectivity index (χ0v) is 17.9. The molecule has 0 radical (unpaired) electrons. The van der Waals surface area contributed by atoms with Crippen LogP contribution in [-0.4, -0.2) is 54.0 Å². The van der Waals surface area contributed by atoms with Gasteiger partial charge in [0.15, 0.2) is 0 Å². The predicted octanol–water partition coefficient (Wildman–Crippen LogP) is 3.08. The van der Waals surface area contributed by atoms with Gasteiger partial charge in [-0.05, 0) is 42.0 Å². The Morgan fingerprint density at radius 3 is 2.03 bits per heavy atom. The summed E-state index contributed by atoms with van der Waals surface area (Å²) in [4.78, 5) is 30.2. The fraction of sp³-hybridized carbons (Fsp3) is 0.231. The number of aromatic hydroxyl groups is 1. The molecule has 1 fully saturated rings. The molecule has 32 heavy (non-hydrogen) atoms. The first-order chi connectivity index (χ1) is 15.6.